The highest BCUT2D eigenvalue weighted by Crippen LogP contribution is 2.27. The number of nitro groups is 1. The van der Waals surface area contributed by atoms with Crippen molar-refractivity contribution in [1.82, 2.24) is 0 Å². The predicted molar refractivity (Wildman–Crippen MR) is 67.9 cm³/mol. The highest BCUT2D eigenvalue weighted by atomic mass is 16.6. The van der Waals surface area contributed by atoms with Crippen molar-refractivity contribution in [3.8, 4) is 11.1 Å². The minimum atomic E-state index is -0.314. The van der Waals surface area contributed by atoms with Crippen LogP contribution in [0.25, 0.3) is 11.1 Å². The van der Waals surface area contributed by atoms with Gasteiger partial charge < -0.3 is 0 Å². The van der Waals surface area contributed by atoms with Crippen LogP contribution in [0.4, 0.5) is 5.69 Å². The topological polar surface area (TPSA) is 43.1 Å². The molecule has 86 valence electrons. The minimum Gasteiger partial charge on any atom is -0.258 e. The number of hydrogen-bond donors (Lipinski definition) is 0. The Morgan fingerprint density at radius 2 is 1.76 bits per heavy atom. The fraction of sp³-hybridized carbons (Fsp3) is 0.143. The summed E-state index contributed by atoms with van der Waals surface area (Å²) in [6.45, 7) is 1.92. The van der Waals surface area contributed by atoms with Gasteiger partial charge >= 0.3 is 0 Å². The highest BCUT2D eigenvalue weighted by molar-refractivity contribution is 5.67. The van der Waals surface area contributed by atoms with Crippen LogP contribution in [0.5, 0.6) is 0 Å². The van der Waals surface area contributed by atoms with E-state index in [0.717, 1.165) is 16.7 Å². The lowest BCUT2D eigenvalue weighted by atomic mass is 10.0. The maximum absolute atomic E-state index is 11.0. The average Bonchev–Trinajstić information content (AvgIpc) is 2.39. The van der Waals surface area contributed by atoms with Gasteiger partial charge in [0.05, 0.1) is 4.92 Å². The molecule has 0 spiro atoms. The molecule has 0 amide bonds. The lowest BCUT2D eigenvalue weighted by Crippen LogP contribution is -1.94. The van der Waals surface area contributed by atoms with Gasteiger partial charge in [0, 0.05) is 11.6 Å². The molecule has 0 saturated carbocycles. The summed E-state index contributed by atoms with van der Waals surface area (Å²) in [7, 11) is 0. The van der Waals surface area contributed by atoms with Crippen molar-refractivity contribution < 1.29 is 4.92 Å². The fourth-order valence-electron chi connectivity index (χ4n) is 1.84. The van der Waals surface area contributed by atoms with Crippen molar-refractivity contribution >= 4 is 5.69 Å². The SMILES string of the molecule is CCc1ccc(-c2ccccc2)cc1[N+](=O)[O-]. The van der Waals surface area contributed by atoms with Gasteiger partial charge in [-0.2, -0.15) is 0 Å². The second kappa shape index (κ2) is 4.78. The summed E-state index contributed by atoms with van der Waals surface area (Å²) >= 11 is 0. The molecule has 0 radical (unpaired) electrons. The van der Waals surface area contributed by atoms with E-state index in [9.17, 15) is 10.1 Å². The highest BCUT2D eigenvalue weighted by Gasteiger charge is 2.13. The summed E-state index contributed by atoms with van der Waals surface area (Å²) in [5.41, 5.74) is 2.86. The predicted octanol–water partition coefficient (Wildman–Crippen LogP) is 3.82. The quantitative estimate of drug-likeness (QED) is 0.590. The fourth-order valence-corrected chi connectivity index (χ4v) is 1.84. The lowest BCUT2D eigenvalue weighted by molar-refractivity contribution is -0.385. The first-order chi connectivity index (χ1) is 8.22. The first-order valence-corrected chi connectivity index (χ1v) is 5.55. The van der Waals surface area contributed by atoms with Crippen LogP contribution in [0, 0.1) is 10.1 Å². The molecular formula is C14H13NO2. The zero-order chi connectivity index (χ0) is 12.3. The van der Waals surface area contributed by atoms with Crippen LogP contribution in [0.3, 0.4) is 0 Å². The number of nitrogens with zero attached hydrogens (tertiary/aromatic N) is 1. The van der Waals surface area contributed by atoms with Gasteiger partial charge in [-0.1, -0.05) is 49.4 Å². The Balaban J connectivity index is 2.51. The van der Waals surface area contributed by atoms with Crippen molar-refractivity contribution in [3.63, 3.8) is 0 Å². The normalized spacial score (nSPS) is 10.2. The van der Waals surface area contributed by atoms with E-state index in [-0.39, 0.29) is 10.6 Å². The second-order valence-corrected chi connectivity index (χ2v) is 3.82. The van der Waals surface area contributed by atoms with Gasteiger partial charge in [-0.05, 0) is 17.5 Å². The molecule has 0 heterocycles. The molecule has 0 fully saturated rings. The van der Waals surface area contributed by atoms with Crippen LogP contribution in [-0.2, 0) is 6.42 Å². The molecular weight excluding hydrogens is 214 g/mol. The van der Waals surface area contributed by atoms with Crippen molar-refractivity contribution in [2.45, 2.75) is 13.3 Å². The maximum atomic E-state index is 11.0. The van der Waals surface area contributed by atoms with Gasteiger partial charge in [-0.15, -0.1) is 0 Å². The molecule has 17 heavy (non-hydrogen) atoms. The van der Waals surface area contributed by atoms with E-state index in [1.165, 1.54) is 0 Å². The summed E-state index contributed by atoms with van der Waals surface area (Å²) in [6.07, 6.45) is 0.672. The molecule has 3 nitrogen and oxygen atoms in total. The monoisotopic (exact) mass is 227 g/mol. The molecule has 2 aromatic rings. The molecule has 0 atom stereocenters. The van der Waals surface area contributed by atoms with E-state index in [2.05, 4.69) is 0 Å². The third-order valence-electron chi connectivity index (χ3n) is 2.77. The number of benzene rings is 2. The Bertz CT molecular complexity index is 535. The zero-order valence-electron chi connectivity index (χ0n) is 9.59. The molecule has 0 bridgehead atoms. The lowest BCUT2D eigenvalue weighted by Gasteiger charge is -2.04. The van der Waals surface area contributed by atoms with E-state index < -0.39 is 0 Å². The molecule has 2 rings (SSSR count). The molecule has 0 unspecified atom stereocenters. The van der Waals surface area contributed by atoms with Crippen LogP contribution in [0.2, 0.25) is 0 Å². The zero-order valence-corrected chi connectivity index (χ0v) is 9.59. The van der Waals surface area contributed by atoms with Crippen molar-refractivity contribution in [2.75, 3.05) is 0 Å². The number of hydrogen-bond acceptors (Lipinski definition) is 2. The summed E-state index contributed by atoms with van der Waals surface area (Å²) < 4.78 is 0. The van der Waals surface area contributed by atoms with Gasteiger partial charge in [0.25, 0.3) is 5.69 Å². The van der Waals surface area contributed by atoms with Gasteiger partial charge in [-0.3, -0.25) is 10.1 Å². The molecule has 0 aliphatic heterocycles. The summed E-state index contributed by atoms with van der Waals surface area (Å²) in [5, 5.41) is 11.0. The van der Waals surface area contributed by atoms with Crippen LogP contribution in [-0.4, -0.2) is 4.92 Å². The van der Waals surface area contributed by atoms with E-state index in [0.29, 0.717) is 6.42 Å². The number of aryl methyl sites for hydroxylation is 1. The van der Waals surface area contributed by atoms with Crippen LogP contribution in [0.1, 0.15) is 12.5 Å². The largest absolute Gasteiger partial charge is 0.273 e. The third kappa shape index (κ3) is 2.33. The second-order valence-electron chi connectivity index (χ2n) is 3.82. The Kier molecular flexibility index (Phi) is 3.19. The standard InChI is InChI=1S/C14H13NO2/c1-2-11-8-9-13(10-14(11)15(16)17)12-6-4-3-5-7-12/h3-10H,2H2,1H3. The summed E-state index contributed by atoms with van der Waals surface area (Å²) in [6, 6.07) is 15.1. The molecule has 0 saturated heterocycles. The van der Waals surface area contributed by atoms with Crippen LogP contribution >= 0.6 is 0 Å². The van der Waals surface area contributed by atoms with E-state index in [1.54, 1.807) is 6.07 Å². The van der Waals surface area contributed by atoms with Crippen molar-refractivity contribution in [2.24, 2.45) is 0 Å². The average molecular weight is 227 g/mol. The van der Waals surface area contributed by atoms with Gasteiger partial charge in [0.2, 0.25) is 0 Å². The molecule has 0 aromatic heterocycles. The first kappa shape index (κ1) is 11.3. The molecule has 0 aliphatic rings. The smallest absolute Gasteiger partial charge is 0.258 e. The Morgan fingerprint density at radius 3 is 2.35 bits per heavy atom. The maximum Gasteiger partial charge on any atom is 0.273 e. The van der Waals surface area contributed by atoms with E-state index in [1.807, 2.05) is 49.4 Å². The Labute approximate surface area is 99.9 Å². The van der Waals surface area contributed by atoms with Crippen molar-refractivity contribution in [1.29, 1.82) is 0 Å². The molecule has 0 N–H and O–H groups in total. The number of rotatable bonds is 3. The van der Waals surface area contributed by atoms with E-state index in [4.69, 9.17) is 0 Å². The third-order valence-corrected chi connectivity index (χ3v) is 2.77. The molecule has 2 aromatic carbocycles. The Hall–Kier alpha value is -2.16. The Morgan fingerprint density at radius 1 is 1.06 bits per heavy atom. The summed E-state index contributed by atoms with van der Waals surface area (Å²) in [5.74, 6) is 0. The first-order valence-electron chi connectivity index (χ1n) is 5.55. The van der Waals surface area contributed by atoms with E-state index >= 15 is 0 Å². The van der Waals surface area contributed by atoms with Crippen molar-refractivity contribution in [3.05, 3.63) is 64.2 Å². The molecule has 0 aliphatic carbocycles. The van der Waals surface area contributed by atoms with Crippen LogP contribution in [0.15, 0.2) is 48.5 Å². The van der Waals surface area contributed by atoms with Gasteiger partial charge in [0.1, 0.15) is 0 Å². The number of nitro benzene ring substituents is 1. The van der Waals surface area contributed by atoms with Crippen LogP contribution < -0.4 is 0 Å². The van der Waals surface area contributed by atoms with Gasteiger partial charge in [-0.25, -0.2) is 0 Å². The van der Waals surface area contributed by atoms with Gasteiger partial charge in [0.15, 0.2) is 0 Å². The molecule has 3 heteroatoms. The summed E-state index contributed by atoms with van der Waals surface area (Å²) in [4.78, 5) is 10.7. The minimum absolute atomic E-state index is 0.203.